The molecule has 0 spiro atoms. The lowest BCUT2D eigenvalue weighted by Crippen LogP contribution is -2.28. The van der Waals surface area contributed by atoms with Gasteiger partial charge in [0.25, 0.3) is 0 Å². The molecular weight excluding hydrogens is 1190 g/mol. The molecule has 14 aromatic rings. The summed E-state index contributed by atoms with van der Waals surface area (Å²) in [6.45, 7) is 27.1. The van der Waals surface area contributed by atoms with Gasteiger partial charge in [-0.3, -0.25) is 0 Å². The van der Waals surface area contributed by atoms with Crippen LogP contribution in [0.2, 0.25) is 0 Å². The summed E-state index contributed by atoms with van der Waals surface area (Å²) in [5.74, 6) is 1.89. The minimum atomic E-state index is -0.768. The van der Waals surface area contributed by atoms with Gasteiger partial charge in [-0.25, -0.2) is 0 Å². The van der Waals surface area contributed by atoms with Crippen LogP contribution in [0.4, 0.5) is 0 Å². The van der Waals surface area contributed by atoms with Gasteiger partial charge in [0.05, 0.1) is 17.1 Å². The summed E-state index contributed by atoms with van der Waals surface area (Å²) in [5.41, 5.74) is 33.4. The topological polar surface area (TPSA) is 104 Å². The predicted octanol–water partition coefficient (Wildman–Crippen LogP) is 22.3. The summed E-state index contributed by atoms with van der Waals surface area (Å²) in [6, 6.07) is 80.8. The number of fused-ring (bicyclic) bond motifs is 10. The highest BCUT2D eigenvalue weighted by Crippen LogP contribution is 2.59. The molecule has 3 heterocycles. The molecule has 0 unspecified atom stereocenters. The van der Waals surface area contributed by atoms with E-state index in [2.05, 4.69) is 322 Å². The van der Waals surface area contributed by atoms with Gasteiger partial charge < -0.3 is 8.83 Å². The monoisotopic (exact) mass is 1260 g/mol. The first-order valence-corrected chi connectivity index (χ1v) is 34.0. The lowest BCUT2D eigenvalue weighted by atomic mass is 9.67. The normalized spacial score (nSPS) is 14.5. The SMILES string of the molecule is Cc1ccc2c(c1)C(C)(C)c1cc(-c3ccc(-c4ccc5c(c4)C(C)(C)c4cc(-c6ccc7c(c6)C(c6ccc(-c8nnc(-c9ccc(C(C)(C)C)cc9)o8)cc6)(c6ccc(-c8nnc(-c9ccc(C(C)(C)C)cc9)o8)cc6)c6cc(C)ccc6-7)ccc4-5)c4nsnc34)ccc1-2. The second-order valence-electron chi connectivity index (χ2n) is 29.9. The van der Waals surface area contributed by atoms with E-state index in [1.807, 2.05) is 0 Å². The second kappa shape index (κ2) is 21.3. The first-order chi connectivity index (χ1) is 46.1. The molecule has 3 aliphatic carbocycles. The van der Waals surface area contributed by atoms with Crippen molar-refractivity contribution in [3.63, 3.8) is 0 Å². The summed E-state index contributed by atoms with van der Waals surface area (Å²) < 4.78 is 22.9. The largest absolute Gasteiger partial charge is 0.416 e. The molecule has 0 saturated carbocycles. The number of aryl methyl sites for hydroxylation is 2. The van der Waals surface area contributed by atoms with Gasteiger partial charge in [0, 0.05) is 44.2 Å². The third kappa shape index (κ3) is 9.21. The number of aromatic nitrogens is 6. The van der Waals surface area contributed by atoms with Crippen LogP contribution in [0.15, 0.2) is 227 Å². The summed E-state index contributed by atoms with van der Waals surface area (Å²) in [7, 11) is 0. The summed E-state index contributed by atoms with van der Waals surface area (Å²) in [5, 5.41) is 18.3. The van der Waals surface area contributed by atoms with Crippen LogP contribution in [-0.4, -0.2) is 29.1 Å². The Morgan fingerprint density at radius 1 is 0.292 bits per heavy atom. The predicted molar refractivity (Wildman–Crippen MR) is 390 cm³/mol. The minimum absolute atomic E-state index is 0.0265. The molecule has 3 aromatic heterocycles. The van der Waals surface area contributed by atoms with Crippen LogP contribution in [0.25, 0.3) is 124 Å². The van der Waals surface area contributed by atoms with Crippen LogP contribution in [0.3, 0.4) is 0 Å². The van der Waals surface area contributed by atoms with Gasteiger partial charge in [-0.05, 0) is 209 Å². The van der Waals surface area contributed by atoms with Crippen molar-refractivity contribution in [3.05, 3.63) is 285 Å². The molecule has 96 heavy (non-hydrogen) atoms. The van der Waals surface area contributed by atoms with E-state index in [1.165, 1.54) is 101 Å². The molecule has 8 nitrogen and oxygen atoms in total. The Morgan fingerprint density at radius 2 is 0.562 bits per heavy atom. The van der Waals surface area contributed by atoms with Crippen LogP contribution in [-0.2, 0) is 27.1 Å². The first-order valence-electron chi connectivity index (χ1n) is 33.3. The molecule has 0 atom stereocenters. The second-order valence-corrected chi connectivity index (χ2v) is 30.4. The Balaban J connectivity index is 0.738. The number of benzene rings is 11. The van der Waals surface area contributed by atoms with E-state index in [-0.39, 0.29) is 21.7 Å². The molecule has 11 aromatic carbocycles. The fourth-order valence-corrected chi connectivity index (χ4v) is 16.3. The first kappa shape index (κ1) is 59.3. The van der Waals surface area contributed by atoms with Crippen molar-refractivity contribution in [1.82, 2.24) is 29.1 Å². The molecule has 0 N–H and O–H groups in total. The summed E-state index contributed by atoms with van der Waals surface area (Å²) >= 11 is 1.29. The van der Waals surface area contributed by atoms with Crippen LogP contribution in [0.5, 0.6) is 0 Å². The molecule has 468 valence electrons. The third-order valence-corrected chi connectivity index (χ3v) is 21.7. The Labute approximate surface area is 565 Å². The molecular formula is C87H72N6O2S. The van der Waals surface area contributed by atoms with Gasteiger partial charge in [-0.2, -0.15) is 8.75 Å². The van der Waals surface area contributed by atoms with E-state index in [0.29, 0.717) is 23.6 Å². The maximum Gasteiger partial charge on any atom is 0.248 e. The molecule has 0 bridgehead atoms. The van der Waals surface area contributed by atoms with Crippen LogP contribution < -0.4 is 0 Å². The highest BCUT2D eigenvalue weighted by molar-refractivity contribution is 7.00. The summed E-state index contributed by atoms with van der Waals surface area (Å²) in [4.78, 5) is 0. The van der Waals surface area contributed by atoms with Crippen molar-refractivity contribution >= 4 is 22.8 Å². The zero-order valence-electron chi connectivity index (χ0n) is 56.2. The maximum atomic E-state index is 6.45. The quantitative estimate of drug-likeness (QED) is 0.141. The van der Waals surface area contributed by atoms with Crippen LogP contribution in [0, 0.1) is 13.8 Å². The Morgan fingerprint density at radius 3 is 0.938 bits per heavy atom. The molecule has 0 radical (unpaired) electrons. The van der Waals surface area contributed by atoms with Crippen molar-refractivity contribution in [2.75, 3.05) is 0 Å². The Bertz CT molecular complexity index is 5360. The number of nitrogens with zero attached hydrogens (tertiary/aromatic N) is 6. The zero-order chi connectivity index (χ0) is 65.9. The number of hydrogen-bond acceptors (Lipinski definition) is 9. The van der Waals surface area contributed by atoms with Crippen LogP contribution >= 0.6 is 11.7 Å². The van der Waals surface area contributed by atoms with Crippen molar-refractivity contribution in [1.29, 1.82) is 0 Å². The van der Waals surface area contributed by atoms with E-state index in [4.69, 9.17) is 17.6 Å². The number of hydrogen-bond donors (Lipinski definition) is 0. The average molecular weight is 1270 g/mol. The fourth-order valence-electron chi connectivity index (χ4n) is 15.7. The van der Waals surface area contributed by atoms with Crippen molar-refractivity contribution < 1.29 is 8.83 Å². The molecule has 9 heteroatoms. The average Bonchev–Trinajstić information content (AvgIpc) is 1.50. The lowest BCUT2D eigenvalue weighted by Gasteiger charge is -2.34. The van der Waals surface area contributed by atoms with Gasteiger partial charge in [0.1, 0.15) is 11.0 Å². The van der Waals surface area contributed by atoms with Crippen molar-refractivity contribution in [3.8, 4) is 113 Å². The van der Waals surface area contributed by atoms with Gasteiger partial charge in [0.15, 0.2) is 0 Å². The molecule has 3 aliphatic rings. The Hall–Kier alpha value is -10.5. The standard InChI is InChI=1S/C87H72N6O2S/c1-49-13-35-65-67-39-25-57(47-73(67)85(9,10)71(65)43-49)63-41-42-64(78-77(63)92-96-93-78)58-26-40-68-66-37-23-55(45-72(66)86(11,12)74(68)48-58)56-24-38-70-69-36-14-50(2)44-75(69)87(76(70)46-56,61-31-19-53(20-32-61)81-90-88-79(94-81)51-15-27-59(28-16-51)83(3,4)5)62-33-21-54(22-34-62)82-91-89-80(95-82)52-17-29-60(30-18-52)84(6,7)8/h13-48H,1-12H3. The van der Waals surface area contributed by atoms with E-state index >= 15 is 0 Å². The molecule has 0 aliphatic heterocycles. The van der Waals surface area contributed by atoms with Crippen molar-refractivity contribution in [2.45, 2.75) is 110 Å². The van der Waals surface area contributed by atoms with Gasteiger partial charge >= 0.3 is 0 Å². The van der Waals surface area contributed by atoms with E-state index < -0.39 is 5.41 Å². The highest BCUT2D eigenvalue weighted by Gasteiger charge is 2.47. The van der Waals surface area contributed by atoms with Crippen LogP contribution in [0.1, 0.15) is 136 Å². The van der Waals surface area contributed by atoms with E-state index in [9.17, 15) is 0 Å². The smallest absolute Gasteiger partial charge is 0.248 e. The van der Waals surface area contributed by atoms with Crippen molar-refractivity contribution in [2.24, 2.45) is 0 Å². The maximum absolute atomic E-state index is 6.45. The van der Waals surface area contributed by atoms with E-state index in [0.717, 1.165) is 77.8 Å². The van der Waals surface area contributed by atoms with Gasteiger partial charge in [-0.15, -0.1) is 20.4 Å². The molecule has 17 rings (SSSR count). The summed E-state index contributed by atoms with van der Waals surface area (Å²) in [6.07, 6.45) is 0. The van der Waals surface area contributed by atoms with Gasteiger partial charge in [-0.1, -0.05) is 226 Å². The zero-order valence-corrected chi connectivity index (χ0v) is 57.0. The molecule has 0 amide bonds. The Kier molecular flexibility index (Phi) is 13.1. The third-order valence-electron chi connectivity index (χ3n) is 21.1. The molecule has 0 saturated heterocycles. The van der Waals surface area contributed by atoms with E-state index in [1.54, 1.807) is 0 Å². The molecule has 0 fully saturated rings. The fraction of sp³-hybridized carbons (Fsp3) is 0.195. The number of rotatable bonds is 9. The highest BCUT2D eigenvalue weighted by atomic mass is 32.1. The minimum Gasteiger partial charge on any atom is -0.416 e. The van der Waals surface area contributed by atoms with Gasteiger partial charge in [0.2, 0.25) is 23.6 Å². The lowest BCUT2D eigenvalue weighted by molar-refractivity contribution is 0.582.